The SMILES string of the molecule is COc1ccc(OC)c2[nH]c(C(=O)NN)cc12. The van der Waals surface area contributed by atoms with E-state index in [4.69, 9.17) is 15.3 Å². The van der Waals surface area contributed by atoms with Gasteiger partial charge in [0, 0.05) is 5.39 Å². The average molecular weight is 235 g/mol. The Labute approximate surface area is 97.7 Å². The van der Waals surface area contributed by atoms with Gasteiger partial charge in [-0.3, -0.25) is 10.2 Å². The van der Waals surface area contributed by atoms with E-state index in [1.54, 1.807) is 32.4 Å². The molecule has 0 spiro atoms. The number of hydrazine groups is 1. The first-order valence-corrected chi connectivity index (χ1v) is 4.96. The number of ether oxygens (including phenoxy) is 2. The molecule has 0 saturated carbocycles. The highest BCUT2D eigenvalue weighted by molar-refractivity contribution is 6.01. The molecular formula is C11H13N3O3. The lowest BCUT2D eigenvalue weighted by Gasteiger charge is -2.05. The Kier molecular flexibility index (Phi) is 2.88. The smallest absolute Gasteiger partial charge is 0.281 e. The summed E-state index contributed by atoms with van der Waals surface area (Å²) in [5, 5.41) is 0.769. The fraction of sp³-hybridized carbons (Fsp3) is 0.182. The van der Waals surface area contributed by atoms with E-state index >= 15 is 0 Å². The van der Waals surface area contributed by atoms with Crippen LogP contribution in [0.5, 0.6) is 11.5 Å². The van der Waals surface area contributed by atoms with Crippen molar-refractivity contribution in [2.75, 3.05) is 14.2 Å². The summed E-state index contributed by atoms with van der Waals surface area (Å²) in [4.78, 5) is 14.4. The summed E-state index contributed by atoms with van der Waals surface area (Å²) in [7, 11) is 3.13. The number of carbonyl (C=O) groups excluding carboxylic acids is 1. The first-order valence-electron chi connectivity index (χ1n) is 4.96. The van der Waals surface area contributed by atoms with Gasteiger partial charge in [-0.25, -0.2) is 5.84 Å². The molecule has 90 valence electrons. The fourth-order valence-corrected chi connectivity index (χ4v) is 1.72. The average Bonchev–Trinajstić information content (AvgIpc) is 2.81. The zero-order chi connectivity index (χ0) is 12.4. The Balaban J connectivity index is 2.68. The van der Waals surface area contributed by atoms with Crippen LogP contribution in [0.3, 0.4) is 0 Å². The lowest BCUT2D eigenvalue weighted by Crippen LogP contribution is -2.30. The molecule has 6 nitrogen and oxygen atoms in total. The largest absolute Gasteiger partial charge is 0.496 e. The van der Waals surface area contributed by atoms with Gasteiger partial charge >= 0.3 is 0 Å². The van der Waals surface area contributed by atoms with Gasteiger partial charge in [0.25, 0.3) is 5.91 Å². The van der Waals surface area contributed by atoms with Crippen molar-refractivity contribution in [3.05, 3.63) is 23.9 Å². The Hall–Kier alpha value is -2.21. The molecule has 4 N–H and O–H groups in total. The lowest BCUT2D eigenvalue weighted by atomic mass is 10.2. The molecule has 0 aliphatic heterocycles. The van der Waals surface area contributed by atoms with Crippen molar-refractivity contribution in [3.63, 3.8) is 0 Å². The molecule has 1 aromatic heterocycles. The molecule has 0 saturated heterocycles. The van der Waals surface area contributed by atoms with E-state index in [9.17, 15) is 4.79 Å². The second-order valence-corrected chi connectivity index (χ2v) is 3.42. The highest BCUT2D eigenvalue weighted by Gasteiger charge is 2.14. The molecule has 2 aromatic rings. The Morgan fingerprint density at radius 1 is 1.29 bits per heavy atom. The van der Waals surface area contributed by atoms with Crippen molar-refractivity contribution in [2.24, 2.45) is 5.84 Å². The Bertz CT molecular complexity index is 521. The minimum absolute atomic E-state index is 0.352. The van der Waals surface area contributed by atoms with Crippen molar-refractivity contribution in [2.45, 2.75) is 0 Å². The number of rotatable bonds is 3. The van der Waals surface area contributed by atoms with Crippen LogP contribution < -0.4 is 20.7 Å². The van der Waals surface area contributed by atoms with Gasteiger partial charge in [0.2, 0.25) is 0 Å². The first kappa shape index (κ1) is 11.3. The summed E-state index contributed by atoms with van der Waals surface area (Å²) in [5.74, 6) is 5.98. The molecule has 17 heavy (non-hydrogen) atoms. The van der Waals surface area contributed by atoms with Gasteiger partial charge in [0.15, 0.2) is 0 Å². The third kappa shape index (κ3) is 1.78. The van der Waals surface area contributed by atoms with Crippen molar-refractivity contribution in [3.8, 4) is 11.5 Å². The molecule has 1 amide bonds. The van der Waals surface area contributed by atoms with E-state index in [0.29, 0.717) is 22.7 Å². The molecule has 0 atom stereocenters. The number of hydrogen-bond acceptors (Lipinski definition) is 4. The van der Waals surface area contributed by atoms with Crippen molar-refractivity contribution in [1.29, 1.82) is 0 Å². The van der Waals surface area contributed by atoms with E-state index in [1.807, 2.05) is 0 Å². The number of fused-ring (bicyclic) bond motifs is 1. The van der Waals surface area contributed by atoms with E-state index in [2.05, 4.69) is 10.4 Å². The number of hydrogen-bond donors (Lipinski definition) is 3. The zero-order valence-corrected chi connectivity index (χ0v) is 9.53. The summed E-state index contributed by atoms with van der Waals surface area (Å²) in [6.07, 6.45) is 0. The molecule has 0 aliphatic rings. The third-order valence-corrected chi connectivity index (χ3v) is 2.53. The number of amides is 1. The Morgan fingerprint density at radius 2 is 1.94 bits per heavy atom. The molecule has 0 radical (unpaired) electrons. The molecule has 6 heteroatoms. The number of benzene rings is 1. The number of carbonyl (C=O) groups is 1. The fourth-order valence-electron chi connectivity index (χ4n) is 1.72. The van der Waals surface area contributed by atoms with Crippen LogP contribution in [0.15, 0.2) is 18.2 Å². The summed E-state index contributed by atoms with van der Waals surface area (Å²) in [6, 6.07) is 5.21. The molecule has 0 fully saturated rings. The highest BCUT2D eigenvalue weighted by atomic mass is 16.5. The van der Waals surface area contributed by atoms with Crippen LogP contribution in [0.2, 0.25) is 0 Å². The van der Waals surface area contributed by atoms with Gasteiger partial charge in [-0.2, -0.15) is 0 Å². The van der Waals surface area contributed by atoms with Gasteiger partial charge in [0.1, 0.15) is 17.2 Å². The molecule has 0 aliphatic carbocycles. The van der Waals surface area contributed by atoms with Gasteiger partial charge in [-0.15, -0.1) is 0 Å². The first-order chi connectivity index (χ1) is 8.21. The van der Waals surface area contributed by atoms with Crippen LogP contribution in [0.1, 0.15) is 10.5 Å². The number of aromatic nitrogens is 1. The molecule has 2 rings (SSSR count). The van der Waals surface area contributed by atoms with Crippen LogP contribution in [0.4, 0.5) is 0 Å². The predicted octanol–water partition coefficient (Wildman–Crippen LogP) is 0.789. The predicted molar refractivity (Wildman–Crippen MR) is 63.1 cm³/mol. The van der Waals surface area contributed by atoms with Crippen LogP contribution >= 0.6 is 0 Å². The monoisotopic (exact) mass is 235 g/mol. The minimum atomic E-state index is -0.398. The summed E-state index contributed by atoms with van der Waals surface area (Å²) in [5.41, 5.74) is 3.12. The van der Waals surface area contributed by atoms with E-state index in [-0.39, 0.29) is 0 Å². The second-order valence-electron chi connectivity index (χ2n) is 3.42. The van der Waals surface area contributed by atoms with Crippen molar-refractivity contribution in [1.82, 2.24) is 10.4 Å². The number of nitrogens with one attached hydrogen (secondary N) is 2. The van der Waals surface area contributed by atoms with Crippen molar-refractivity contribution < 1.29 is 14.3 Å². The van der Waals surface area contributed by atoms with E-state index in [0.717, 1.165) is 5.39 Å². The normalized spacial score (nSPS) is 10.3. The van der Waals surface area contributed by atoms with Gasteiger partial charge in [-0.05, 0) is 18.2 Å². The van der Waals surface area contributed by atoms with Gasteiger partial charge in [0.05, 0.1) is 19.7 Å². The summed E-state index contributed by atoms with van der Waals surface area (Å²) >= 11 is 0. The number of methoxy groups -OCH3 is 2. The van der Waals surface area contributed by atoms with Crippen LogP contribution in [-0.2, 0) is 0 Å². The molecule has 1 heterocycles. The molecule has 0 bridgehead atoms. The van der Waals surface area contributed by atoms with Gasteiger partial charge in [-0.1, -0.05) is 0 Å². The molecule has 1 aromatic carbocycles. The molecule has 0 unspecified atom stereocenters. The van der Waals surface area contributed by atoms with E-state index in [1.165, 1.54) is 0 Å². The standard InChI is InChI=1S/C11H13N3O3/c1-16-8-3-4-9(17-2)10-6(8)5-7(13-10)11(15)14-12/h3-5,13H,12H2,1-2H3,(H,14,15). The zero-order valence-electron chi connectivity index (χ0n) is 9.53. The minimum Gasteiger partial charge on any atom is -0.496 e. The van der Waals surface area contributed by atoms with Crippen LogP contribution in [-0.4, -0.2) is 25.1 Å². The maximum atomic E-state index is 11.4. The van der Waals surface area contributed by atoms with Crippen LogP contribution in [0.25, 0.3) is 10.9 Å². The molecular weight excluding hydrogens is 222 g/mol. The number of aromatic amines is 1. The van der Waals surface area contributed by atoms with Crippen LogP contribution in [0, 0.1) is 0 Å². The van der Waals surface area contributed by atoms with E-state index < -0.39 is 5.91 Å². The summed E-state index contributed by atoms with van der Waals surface area (Å²) in [6.45, 7) is 0. The lowest BCUT2D eigenvalue weighted by molar-refractivity contribution is 0.0949. The Morgan fingerprint density at radius 3 is 2.53 bits per heavy atom. The topological polar surface area (TPSA) is 89.4 Å². The maximum Gasteiger partial charge on any atom is 0.281 e. The van der Waals surface area contributed by atoms with Crippen molar-refractivity contribution >= 4 is 16.8 Å². The maximum absolute atomic E-state index is 11.4. The highest BCUT2D eigenvalue weighted by Crippen LogP contribution is 2.33. The third-order valence-electron chi connectivity index (χ3n) is 2.53. The van der Waals surface area contributed by atoms with Gasteiger partial charge < -0.3 is 14.5 Å². The quantitative estimate of drug-likeness (QED) is 0.417. The number of nitrogen functional groups attached to an aromatic ring is 1. The second kappa shape index (κ2) is 4.34. The number of H-pyrrole nitrogens is 1. The number of nitrogens with two attached hydrogens (primary N) is 1. The summed E-state index contributed by atoms with van der Waals surface area (Å²) < 4.78 is 10.4.